The van der Waals surface area contributed by atoms with Crippen LogP contribution in [-0.4, -0.2) is 16.7 Å². The number of ether oxygens (including phenoxy) is 2. The van der Waals surface area contributed by atoms with Crippen molar-refractivity contribution in [3.05, 3.63) is 139 Å². The van der Waals surface area contributed by atoms with Gasteiger partial charge in [-0.1, -0.05) is 92.0 Å². The first-order valence-corrected chi connectivity index (χ1v) is 15.3. The fourth-order valence-corrected chi connectivity index (χ4v) is 6.05. The summed E-state index contributed by atoms with van der Waals surface area (Å²) in [6.07, 6.45) is 4.74. The zero-order valence-electron chi connectivity index (χ0n) is 26.3. The van der Waals surface area contributed by atoms with Crippen molar-refractivity contribution in [2.24, 2.45) is 5.41 Å². The normalized spacial score (nSPS) is 12.1. The minimum absolute atomic E-state index is 0. The van der Waals surface area contributed by atoms with Crippen molar-refractivity contribution >= 4 is 23.1 Å². The van der Waals surface area contributed by atoms with E-state index in [-0.39, 0.29) is 32.2 Å². The molecular weight excluding hydrogens is 743 g/mol. The Morgan fingerprint density at radius 1 is 0.739 bits per heavy atom. The summed E-state index contributed by atoms with van der Waals surface area (Å²) in [6.45, 7) is 8.98. The van der Waals surface area contributed by atoms with Crippen LogP contribution in [0.3, 0.4) is 0 Å². The molecule has 2 aliphatic heterocycles. The van der Waals surface area contributed by atoms with Crippen molar-refractivity contribution in [3.63, 3.8) is 0 Å². The van der Waals surface area contributed by atoms with Gasteiger partial charge in [0.2, 0.25) is 6.71 Å². The molecule has 0 unspecified atom stereocenters. The van der Waals surface area contributed by atoms with Gasteiger partial charge in [-0.2, -0.15) is 0 Å². The van der Waals surface area contributed by atoms with E-state index in [9.17, 15) is 0 Å². The van der Waals surface area contributed by atoms with Gasteiger partial charge in [-0.15, -0.1) is 48.0 Å². The van der Waals surface area contributed by atoms with E-state index in [0.29, 0.717) is 0 Å². The first-order chi connectivity index (χ1) is 21.9. The summed E-state index contributed by atoms with van der Waals surface area (Å²) in [5.41, 5.74) is 9.85. The monoisotopic (exact) mass is 777 g/mol. The van der Waals surface area contributed by atoms with E-state index in [1.807, 2.05) is 79.0 Å². The molecule has 4 aromatic carbocycles. The average molecular weight is 777 g/mol. The summed E-state index contributed by atoms with van der Waals surface area (Å²) in [6, 6.07) is 41.0. The van der Waals surface area contributed by atoms with Crippen molar-refractivity contribution in [1.82, 2.24) is 9.97 Å². The third-order valence-corrected chi connectivity index (χ3v) is 8.11. The second-order valence-corrected chi connectivity index (χ2v) is 12.7. The molecule has 0 N–H and O–H groups in total. The Labute approximate surface area is 285 Å². The number of fused-ring (bicyclic) bond motifs is 4. The number of hydrogen-bond acceptors (Lipinski definition) is 4. The maximum absolute atomic E-state index is 6.54. The Balaban J connectivity index is 0.000000241. The van der Waals surface area contributed by atoms with Crippen LogP contribution >= 0.6 is 0 Å². The third-order valence-electron chi connectivity index (χ3n) is 8.11. The van der Waals surface area contributed by atoms with Crippen LogP contribution in [0.1, 0.15) is 31.9 Å². The summed E-state index contributed by atoms with van der Waals surface area (Å²) in [7, 11) is 0. The smallest absolute Gasteiger partial charge is 0.239 e. The molecule has 0 fully saturated rings. The van der Waals surface area contributed by atoms with Crippen LogP contribution in [0.2, 0.25) is 0 Å². The van der Waals surface area contributed by atoms with Crippen LogP contribution in [0, 0.1) is 24.5 Å². The van der Waals surface area contributed by atoms with Gasteiger partial charge < -0.3 is 19.4 Å². The quantitative estimate of drug-likeness (QED) is 0.136. The summed E-state index contributed by atoms with van der Waals surface area (Å²) in [5, 5.41) is 0. The number of hydrogen-bond donors (Lipinski definition) is 0. The van der Waals surface area contributed by atoms with Crippen molar-refractivity contribution < 1.29 is 29.6 Å². The van der Waals surface area contributed by atoms with Crippen molar-refractivity contribution in [2.75, 3.05) is 0 Å². The molecule has 2 aromatic heterocycles. The SMILES string of the molecule is Cc1cnc(-c2[c-]cc3c4c2Oc2ccccc2B4c2ccccc2O3)cc1CC(C)(C)C.[Ir].[c-]1ccccc1-c1ccccn1. The number of aryl methyl sites for hydroxylation is 1. The number of para-hydroxylation sites is 2. The summed E-state index contributed by atoms with van der Waals surface area (Å²) >= 11 is 0. The summed E-state index contributed by atoms with van der Waals surface area (Å²) in [5.74, 6) is 3.36. The predicted molar refractivity (Wildman–Crippen MR) is 183 cm³/mol. The largest absolute Gasteiger partial charge is 0.503 e. The molecule has 0 bridgehead atoms. The molecule has 4 nitrogen and oxygen atoms in total. The van der Waals surface area contributed by atoms with Gasteiger partial charge in [0.15, 0.2) is 0 Å². The topological polar surface area (TPSA) is 44.2 Å². The number of aromatic nitrogens is 2. The molecule has 0 spiro atoms. The number of rotatable bonds is 3. The van der Waals surface area contributed by atoms with E-state index in [2.05, 4.69) is 75.1 Å². The zero-order chi connectivity index (χ0) is 31.0. The molecule has 0 saturated carbocycles. The molecule has 0 aliphatic carbocycles. The van der Waals surface area contributed by atoms with Gasteiger partial charge in [-0.05, 0) is 64.8 Å². The van der Waals surface area contributed by atoms with E-state index in [4.69, 9.17) is 14.5 Å². The molecule has 46 heavy (non-hydrogen) atoms. The standard InChI is InChI=1S/C29H25BNO2.C11H8N.Ir/c1-18-17-31-23(15-19(18)16-29(2,3)4)20-13-14-26-27-28(20)33-25-12-8-6-10-22(25)30(27)21-9-5-7-11-24(21)32-26;1-2-6-10(7-3-1)11-8-4-5-9-12-11;/h5-12,14-15,17H,16H2,1-4H3;1-6,8-9H;/q2*-1;. The van der Waals surface area contributed by atoms with Crippen molar-refractivity contribution in [1.29, 1.82) is 0 Å². The van der Waals surface area contributed by atoms with Crippen molar-refractivity contribution in [3.8, 4) is 45.5 Å². The summed E-state index contributed by atoms with van der Waals surface area (Å²) in [4.78, 5) is 9.01. The number of nitrogens with zero attached hydrogens (tertiary/aromatic N) is 2. The fraction of sp³-hybridized carbons (Fsp3) is 0.150. The minimum Gasteiger partial charge on any atom is -0.503 e. The second-order valence-electron chi connectivity index (χ2n) is 12.7. The first kappa shape index (κ1) is 31.5. The van der Waals surface area contributed by atoms with Crippen LogP contribution in [0.25, 0.3) is 22.5 Å². The van der Waals surface area contributed by atoms with Gasteiger partial charge >= 0.3 is 0 Å². The van der Waals surface area contributed by atoms with E-state index in [1.54, 1.807) is 6.20 Å². The molecule has 2 aliphatic rings. The average Bonchev–Trinajstić information content (AvgIpc) is 3.06. The van der Waals surface area contributed by atoms with Crippen LogP contribution in [-0.2, 0) is 26.5 Å². The van der Waals surface area contributed by atoms with Gasteiger partial charge in [0.05, 0.1) is 0 Å². The van der Waals surface area contributed by atoms with E-state index in [1.165, 1.54) is 11.1 Å². The summed E-state index contributed by atoms with van der Waals surface area (Å²) < 4.78 is 12.9. The maximum Gasteiger partial charge on any atom is 0.239 e. The van der Waals surface area contributed by atoms with Gasteiger partial charge in [0.1, 0.15) is 11.5 Å². The molecule has 0 amide bonds. The Kier molecular flexibility index (Phi) is 8.95. The van der Waals surface area contributed by atoms with Crippen LogP contribution in [0.5, 0.6) is 23.0 Å². The van der Waals surface area contributed by atoms with E-state index in [0.717, 1.165) is 68.3 Å². The predicted octanol–water partition coefficient (Wildman–Crippen LogP) is 7.72. The van der Waals surface area contributed by atoms with E-state index >= 15 is 0 Å². The Bertz CT molecular complexity index is 1940. The number of benzene rings is 4. The molecule has 4 heterocycles. The van der Waals surface area contributed by atoms with Gasteiger partial charge in [-0.3, -0.25) is 0 Å². The molecule has 0 atom stereocenters. The number of pyridine rings is 2. The second kappa shape index (κ2) is 13.1. The van der Waals surface area contributed by atoms with Gasteiger partial charge in [-0.25, -0.2) is 0 Å². The zero-order valence-corrected chi connectivity index (χ0v) is 28.7. The molecular formula is C40H33BIrN2O2-2. The first-order valence-electron chi connectivity index (χ1n) is 15.3. The molecule has 6 heteroatoms. The van der Waals surface area contributed by atoms with Crippen LogP contribution < -0.4 is 25.9 Å². The fourth-order valence-electron chi connectivity index (χ4n) is 6.05. The van der Waals surface area contributed by atoms with Gasteiger partial charge in [0, 0.05) is 44.0 Å². The molecule has 229 valence electrons. The Morgan fingerprint density at radius 2 is 1.43 bits per heavy atom. The maximum atomic E-state index is 6.54. The van der Waals surface area contributed by atoms with Crippen LogP contribution in [0.4, 0.5) is 0 Å². The molecule has 6 aromatic rings. The third kappa shape index (κ3) is 6.29. The van der Waals surface area contributed by atoms with Crippen molar-refractivity contribution in [2.45, 2.75) is 34.1 Å². The van der Waals surface area contributed by atoms with Crippen LogP contribution in [0.15, 0.2) is 116 Å². The Hall–Kier alpha value is -4.51. The van der Waals surface area contributed by atoms with E-state index < -0.39 is 0 Å². The minimum atomic E-state index is 0. The Morgan fingerprint density at radius 3 is 2.11 bits per heavy atom. The molecule has 0 saturated heterocycles. The molecule has 1 radical (unpaired) electrons. The molecule has 8 rings (SSSR count). The van der Waals surface area contributed by atoms with Gasteiger partial charge in [0.25, 0.3) is 0 Å².